The van der Waals surface area contributed by atoms with Crippen molar-refractivity contribution >= 4 is 11.3 Å². The van der Waals surface area contributed by atoms with Crippen LogP contribution in [0.15, 0.2) is 30.5 Å². The monoisotopic (exact) mass is 262 g/mol. The molecular weight excluding hydrogens is 244 g/mol. The van der Waals surface area contributed by atoms with Gasteiger partial charge in [0, 0.05) is 23.7 Å². The van der Waals surface area contributed by atoms with E-state index in [2.05, 4.69) is 17.2 Å². The van der Waals surface area contributed by atoms with Crippen LogP contribution >= 0.6 is 11.3 Å². The van der Waals surface area contributed by atoms with Gasteiger partial charge in [-0.1, -0.05) is 12.1 Å². The Morgan fingerprint density at radius 1 is 1.33 bits per heavy atom. The van der Waals surface area contributed by atoms with Crippen LogP contribution in [0.5, 0.6) is 5.75 Å². The van der Waals surface area contributed by atoms with Crippen LogP contribution in [0.4, 0.5) is 0 Å². The maximum Gasteiger partial charge on any atom is 0.115 e. The normalized spacial score (nSPS) is 12.6. The van der Waals surface area contributed by atoms with Crippen molar-refractivity contribution in [1.29, 1.82) is 0 Å². The lowest BCUT2D eigenvalue weighted by molar-refractivity contribution is 0.474. The molecule has 0 amide bonds. The molecule has 0 radical (unpaired) electrons. The van der Waals surface area contributed by atoms with Gasteiger partial charge in [0.05, 0.1) is 5.01 Å². The molecule has 3 nitrogen and oxygen atoms in total. The van der Waals surface area contributed by atoms with E-state index in [1.165, 1.54) is 10.4 Å². The predicted molar refractivity (Wildman–Crippen MR) is 75.0 cm³/mol. The molecule has 0 saturated heterocycles. The summed E-state index contributed by atoms with van der Waals surface area (Å²) in [5.41, 5.74) is 1.23. The van der Waals surface area contributed by atoms with Gasteiger partial charge in [-0.3, -0.25) is 0 Å². The van der Waals surface area contributed by atoms with Crippen molar-refractivity contribution in [3.05, 3.63) is 45.9 Å². The molecule has 1 aromatic heterocycles. The van der Waals surface area contributed by atoms with Crippen LogP contribution in [-0.4, -0.2) is 16.1 Å². The largest absolute Gasteiger partial charge is 0.508 e. The molecule has 0 aliphatic rings. The molecule has 0 bridgehead atoms. The highest BCUT2D eigenvalue weighted by atomic mass is 32.1. The van der Waals surface area contributed by atoms with Gasteiger partial charge in [-0.2, -0.15) is 0 Å². The third-order valence-corrected chi connectivity index (χ3v) is 3.68. The van der Waals surface area contributed by atoms with Crippen molar-refractivity contribution in [3.63, 3.8) is 0 Å². The highest BCUT2D eigenvalue weighted by molar-refractivity contribution is 7.11. The van der Waals surface area contributed by atoms with Crippen LogP contribution < -0.4 is 5.32 Å². The number of thiazole rings is 1. The Bertz CT molecular complexity index is 493. The molecule has 0 saturated carbocycles. The number of rotatable bonds is 5. The first kappa shape index (κ1) is 13.1. The molecule has 18 heavy (non-hydrogen) atoms. The molecule has 2 aromatic rings. The number of phenols is 1. The second kappa shape index (κ2) is 5.98. The number of hydrogen-bond donors (Lipinski definition) is 2. The highest BCUT2D eigenvalue weighted by Gasteiger charge is 2.04. The second-order valence-electron chi connectivity index (χ2n) is 4.50. The van der Waals surface area contributed by atoms with Gasteiger partial charge >= 0.3 is 0 Å². The summed E-state index contributed by atoms with van der Waals surface area (Å²) in [6.07, 6.45) is 2.89. The number of aryl methyl sites for hydroxylation is 1. The Hall–Kier alpha value is -1.39. The summed E-state index contributed by atoms with van der Waals surface area (Å²) in [4.78, 5) is 5.51. The summed E-state index contributed by atoms with van der Waals surface area (Å²) in [6, 6.07) is 7.79. The Kier molecular flexibility index (Phi) is 4.33. The van der Waals surface area contributed by atoms with E-state index < -0.39 is 0 Å². The van der Waals surface area contributed by atoms with Crippen LogP contribution in [0, 0.1) is 6.92 Å². The van der Waals surface area contributed by atoms with Crippen LogP contribution in [0.25, 0.3) is 0 Å². The van der Waals surface area contributed by atoms with E-state index in [9.17, 15) is 5.11 Å². The molecule has 2 rings (SSSR count). The summed E-state index contributed by atoms with van der Waals surface area (Å²) in [5, 5.41) is 13.8. The molecule has 1 heterocycles. The molecule has 96 valence electrons. The van der Waals surface area contributed by atoms with Gasteiger partial charge in [-0.05, 0) is 38.0 Å². The zero-order valence-corrected chi connectivity index (χ0v) is 11.5. The number of hydrogen-bond acceptors (Lipinski definition) is 4. The number of aromatic nitrogens is 1. The van der Waals surface area contributed by atoms with Crippen molar-refractivity contribution in [3.8, 4) is 5.75 Å². The van der Waals surface area contributed by atoms with E-state index in [1.807, 2.05) is 25.3 Å². The number of nitrogens with one attached hydrogen (secondary N) is 1. The third kappa shape index (κ3) is 3.82. The average Bonchev–Trinajstić information content (AvgIpc) is 2.76. The fourth-order valence-corrected chi connectivity index (χ4v) is 2.57. The number of benzene rings is 1. The average molecular weight is 262 g/mol. The van der Waals surface area contributed by atoms with Gasteiger partial charge in [-0.25, -0.2) is 4.98 Å². The van der Waals surface area contributed by atoms with Gasteiger partial charge in [0.2, 0.25) is 0 Å². The molecule has 4 heteroatoms. The van der Waals surface area contributed by atoms with E-state index in [0.29, 0.717) is 11.8 Å². The fraction of sp³-hybridized carbons (Fsp3) is 0.357. The molecule has 1 unspecified atom stereocenters. The van der Waals surface area contributed by atoms with Gasteiger partial charge in [-0.15, -0.1) is 11.3 Å². The molecule has 0 aliphatic heterocycles. The molecule has 0 fully saturated rings. The zero-order valence-electron chi connectivity index (χ0n) is 10.7. The van der Waals surface area contributed by atoms with Crippen LogP contribution in [0.2, 0.25) is 0 Å². The standard InChI is InChI=1S/C14H18N2OS/c1-10(7-12-3-5-13(17)6-4-12)15-8-14-9-16-11(2)18-14/h3-6,9-10,15,17H,7-8H2,1-2H3. The maximum atomic E-state index is 9.22. The minimum atomic E-state index is 0.319. The first-order valence-corrected chi connectivity index (χ1v) is 6.88. The number of nitrogens with zero attached hydrogens (tertiary/aromatic N) is 1. The SMILES string of the molecule is Cc1ncc(CNC(C)Cc2ccc(O)cc2)s1. The number of phenolic OH excluding ortho intramolecular Hbond substituents is 1. The van der Waals surface area contributed by atoms with E-state index in [-0.39, 0.29) is 0 Å². The van der Waals surface area contributed by atoms with Crippen LogP contribution in [-0.2, 0) is 13.0 Å². The molecule has 1 aromatic carbocycles. The fourth-order valence-electron chi connectivity index (χ4n) is 1.82. The van der Waals surface area contributed by atoms with Gasteiger partial charge in [0.15, 0.2) is 0 Å². The van der Waals surface area contributed by atoms with Crippen molar-refractivity contribution in [2.24, 2.45) is 0 Å². The van der Waals surface area contributed by atoms with E-state index in [0.717, 1.165) is 18.0 Å². The highest BCUT2D eigenvalue weighted by Crippen LogP contribution is 2.13. The van der Waals surface area contributed by atoms with E-state index >= 15 is 0 Å². The smallest absolute Gasteiger partial charge is 0.115 e. The lowest BCUT2D eigenvalue weighted by Crippen LogP contribution is -2.27. The lowest BCUT2D eigenvalue weighted by Gasteiger charge is -2.13. The minimum Gasteiger partial charge on any atom is -0.508 e. The van der Waals surface area contributed by atoms with Crippen LogP contribution in [0.1, 0.15) is 22.4 Å². The number of aromatic hydroxyl groups is 1. The maximum absolute atomic E-state index is 9.22. The molecule has 1 atom stereocenters. The summed E-state index contributed by atoms with van der Waals surface area (Å²) in [5.74, 6) is 0.319. The Morgan fingerprint density at radius 3 is 2.67 bits per heavy atom. The predicted octanol–water partition coefficient (Wildman–Crippen LogP) is 2.88. The van der Waals surface area contributed by atoms with Crippen molar-refractivity contribution in [2.45, 2.75) is 32.9 Å². The third-order valence-electron chi connectivity index (χ3n) is 2.77. The summed E-state index contributed by atoms with van der Waals surface area (Å²) >= 11 is 1.73. The second-order valence-corrected chi connectivity index (χ2v) is 5.82. The Morgan fingerprint density at radius 2 is 2.06 bits per heavy atom. The van der Waals surface area contributed by atoms with Crippen molar-refractivity contribution in [1.82, 2.24) is 10.3 Å². The molecule has 0 spiro atoms. The molecule has 2 N–H and O–H groups in total. The minimum absolute atomic E-state index is 0.319. The summed E-state index contributed by atoms with van der Waals surface area (Å²) in [7, 11) is 0. The van der Waals surface area contributed by atoms with E-state index in [1.54, 1.807) is 23.5 Å². The molecular formula is C14H18N2OS. The Labute approximate surface area is 112 Å². The van der Waals surface area contributed by atoms with Gasteiger partial charge < -0.3 is 10.4 Å². The van der Waals surface area contributed by atoms with E-state index in [4.69, 9.17) is 0 Å². The Balaban J connectivity index is 1.81. The summed E-state index contributed by atoms with van der Waals surface area (Å²) < 4.78 is 0. The lowest BCUT2D eigenvalue weighted by atomic mass is 10.1. The van der Waals surface area contributed by atoms with Crippen molar-refractivity contribution in [2.75, 3.05) is 0 Å². The van der Waals surface area contributed by atoms with Crippen LogP contribution in [0.3, 0.4) is 0 Å². The molecule has 0 aliphatic carbocycles. The van der Waals surface area contributed by atoms with Gasteiger partial charge in [0.1, 0.15) is 5.75 Å². The van der Waals surface area contributed by atoms with Gasteiger partial charge in [0.25, 0.3) is 0 Å². The zero-order chi connectivity index (χ0) is 13.0. The topological polar surface area (TPSA) is 45.2 Å². The quantitative estimate of drug-likeness (QED) is 0.871. The van der Waals surface area contributed by atoms with Crippen molar-refractivity contribution < 1.29 is 5.11 Å². The summed E-state index contributed by atoms with van der Waals surface area (Å²) in [6.45, 7) is 5.06. The first-order chi connectivity index (χ1) is 8.63. The first-order valence-electron chi connectivity index (χ1n) is 6.06.